The molecule has 1 unspecified atom stereocenters. The molecular weight excluding hydrogens is 384 g/mol. The SMILES string of the molecule is CN(C)CCOC(C)(c1ccccc1)c1cccc(C#N)c1.O=C(O)CCC(=O)O. The predicted octanol–water partition coefficient (Wildman–Crippen LogP) is 3.34. The molecule has 0 bridgehead atoms. The summed E-state index contributed by atoms with van der Waals surface area (Å²) >= 11 is 0. The number of aliphatic carboxylic acids is 2. The summed E-state index contributed by atoms with van der Waals surface area (Å²) in [5, 5.41) is 24.9. The van der Waals surface area contributed by atoms with Crippen LogP contribution in [-0.4, -0.2) is 54.3 Å². The number of hydrogen-bond donors (Lipinski definition) is 2. The van der Waals surface area contributed by atoms with Gasteiger partial charge in [0.2, 0.25) is 0 Å². The smallest absolute Gasteiger partial charge is 0.303 e. The van der Waals surface area contributed by atoms with E-state index in [9.17, 15) is 9.59 Å². The lowest BCUT2D eigenvalue weighted by molar-refractivity contribution is -0.143. The molecule has 2 aromatic carbocycles. The third-order valence-corrected chi connectivity index (χ3v) is 4.35. The molecule has 7 nitrogen and oxygen atoms in total. The van der Waals surface area contributed by atoms with Gasteiger partial charge >= 0.3 is 11.9 Å². The molecule has 0 aliphatic heterocycles. The van der Waals surface area contributed by atoms with Crippen molar-refractivity contribution in [3.8, 4) is 6.07 Å². The molecule has 0 radical (unpaired) electrons. The number of nitrogens with zero attached hydrogens (tertiary/aromatic N) is 2. The van der Waals surface area contributed by atoms with Gasteiger partial charge in [-0.1, -0.05) is 42.5 Å². The molecule has 0 heterocycles. The van der Waals surface area contributed by atoms with E-state index in [-0.39, 0.29) is 12.8 Å². The van der Waals surface area contributed by atoms with E-state index >= 15 is 0 Å². The summed E-state index contributed by atoms with van der Waals surface area (Å²) in [5.74, 6) is -2.15. The zero-order valence-corrected chi connectivity index (χ0v) is 17.5. The molecule has 7 heteroatoms. The summed E-state index contributed by atoms with van der Waals surface area (Å²) < 4.78 is 6.26. The minimum atomic E-state index is -1.08. The van der Waals surface area contributed by atoms with Gasteiger partial charge in [-0.2, -0.15) is 5.26 Å². The minimum absolute atomic E-state index is 0.296. The number of carboxylic acid groups (broad SMARTS) is 2. The largest absolute Gasteiger partial charge is 0.481 e. The van der Waals surface area contributed by atoms with Gasteiger partial charge in [0.25, 0.3) is 0 Å². The van der Waals surface area contributed by atoms with Gasteiger partial charge in [-0.25, -0.2) is 0 Å². The molecule has 2 aromatic rings. The Bertz CT molecular complexity index is 847. The molecule has 2 N–H and O–H groups in total. The number of nitriles is 1. The topological polar surface area (TPSA) is 111 Å². The Labute approximate surface area is 177 Å². The fraction of sp³-hybridized carbons (Fsp3) is 0.348. The van der Waals surface area contributed by atoms with Gasteiger partial charge in [0.05, 0.1) is 31.1 Å². The number of ether oxygens (including phenoxy) is 1. The standard InChI is InChI=1S/C19H22N2O.C4H6O4/c1-19(22-13-12-21(2)3,17-9-5-4-6-10-17)18-11-7-8-16(14-18)15-20;5-3(6)1-2-4(7)8/h4-11,14H,12-13H2,1-3H3;1-2H2,(H,5,6)(H,7,8). The van der Waals surface area contributed by atoms with E-state index in [4.69, 9.17) is 20.2 Å². The van der Waals surface area contributed by atoms with Crippen molar-refractivity contribution in [1.82, 2.24) is 4.90 Å². The molecule has 0 saturated heterocycles. The first-order valence-electron chi connectivity index (χ1n) is 9.47. The van der Waals surface area contributed by atoms with Crippen LogP contribution in [0.15, 0.2) is 54.6 Å². The maximum Gasteiger partial charge on any atom is 0.303 e. The van der Waals surface area contributed by atoms with Crippen molar-refractivity contribution in [2.75, 3.05) is 27.2 Å². The van der Waals surface area contributed by atoms with Gasteiger partial charge in [0.1, 0.15) is 5.60 Å². The van der Waals surface area contributed by atoms with Crippen molar-refractivity contribution in [1.29, 1.82) is 5.26 Å². The Hall–Kier alpha value is -3.21. The minimum Gasteiger partial charge on any atom is -0.481 e. The highest BCUT2D eigenvalue weighted by Gasteiger charge is 2.30. The Balaban J connectivity index is 0.000000479. The van der Waals surface area contributed by atoms with Crippen LogP contribution in [0.2, 0.25) is 0 Å². The molecule has 0 amide bonds. The van der Waals surface area contributed by atoms with Crippen LogP contribution in [0.4, 0.5) is 0 Å². The van der Waals surface area contributed by atoms with Crippen LogP contribution in [0.25, 0.3) is 0 Å². The van der Waals surface area contributed by atoms with Crippen LogP contribution in [0.1, 0.15) is 36.5 Å². The van der Waals surface area contributed by atoms with Crippen LogP contribution < -0.4 is 0 Å². The van der Waals surface area contributed by atoms with Crippen molar-refractivity contribution in [3.05, 3.63) is 71.3 Å². The zero-order chi connectivity index (χ0) is 22.6. The highest BCUT2D eigenvalue weighted by molar-refractivity contribution is 5.75. The van der Waals surface area contributed by atoms with Crippen LogP contribution in [0.3, 0.4) is 0 Å². The lowest BCUT2D eigenvalue weighted by Gasteiger charge is -2.32. The van der Waals surface area contributed by atoms with E-state index in [2.05, 4.69) is 30.0 Å². The summed E-state index contributed by atoms with van der Waals surface area (Å²) in [4.78, 5) is 21.4. The lowest BCUT2D eigenvalue weighted by atomic mass is 9.87. The molecule has 160 valence electrons. The summed E-state index contributed by atoms with van der Waals surface area (Å²) in [5.41, 5.74) is 2.17. The molecule has 0 fully saturated rings. The second-order valence-corrected chi connectivity index (χ2v) is 7.03. The number of hydrogen-bond acceptors (Lipinski definition) is 5. The Morgan fingerprint density at radius 3 is 2.07 bits per heavy atom. The van der Waals surface area contributed by atoms with Crippen LogP contribution in [0, 0.1) is 11.3 Å². The van der Waals surface area contributed by atoms with E-state index in [0.29, 0.717) is 12.2 Å². The summed E-state index contributed by atoms with van der Waals surface area (Å²) in [6.07, 6.45) is -0.593. The summed E-state index contributed by atoms with van der Waals surface area (Å²) in [7, 11) is 4.05. The number of likely N-dealkylation sites (N-methyl/N-ethyl adjacent to an activating group) is 1. The van der Waals surface area contributed by atoms with Gasteiger partial charge in [-0.05, 0) is 44.3 Å². The number of benzene rings is 2. The van der Waals surface area contributed by atoms with Gasteiger partial charge in [-0.3, -0.25) is 9.59 Å². The van der Waals surface area contributed by atoms with Crippen molar-refractivity contribution in [2.45, 2.75) is 25.4 Å². The average Bonchev–Trinajstić information content (AvgIpc) is 2.73. The van der Waals surface area contributed by atoms with Crippen molar-refractivity contribution < 1.29 is 24.5 Å². The molecule has 0 aliphatic rings. The normalized spacial score (nSPS) is 12.2. The molecule has 2 rings (SSSR count). The van der Waals surface area contributed by atoms with Crippen LogP contribution >= 0.6 is 0 Å². The molecule has 0 aliphatic carbocycles. The first-order chi connectivity index (χ1) is 14.2. The monoisotopic (exact) mass is 412 g/mol. The lowest BCUT2D eigenvalue weighted by Crippen LogP contribution is -2.31. The first-order valence-corrected chi connectivity index (χ1v) is 9.47. The molecule has 30 heavy (non-hydrogen) atoms. The number of carbonyl (C=O) groups is 2. The van der Waals surface area contributed by atoms with Gasteiger partial charge in [0, 0.05) is 6.54 Å². The molecule has 0 spiro atoms. The van der Waals surface area contributed by atoms with Crippen molar-refractivity contribution >= 4 is 11.9 Å². The van der Waals surface area contributed by atoms with E-state index < -0.39 is 17.5 Å². The second-order valence-electron chi connectivity index (χ2n) is 7.03. The first kappa shape index (κ1) is 24.8. The maximum atomic E-state index is 9.64. The third-order valence-electron chi connectivity index (χ3n) is 4.35. The fourth-order valence-electron chi connectivity index (χ4n) is 2.62. The van der Waals surface area contributed by atoms with Crippen LogP contribution in [0.5, 0.6) is 0 Å². The van der Waals surface area contributed by atoms with Gasteiger partial charge < -0.3 is 19.8 Å². The van der Waals surface area contributed by atoms with Crippen molar-refractivity contribution in [2.24, 2.45) is 0 Å². The highest BCUT2D eigenvalue weighted by atomic mass is 16.5. The van der Waals surface area contributed by atoms with Crippen LogP contribution in [-0.2, 0) is 19.9 Å². The van der Waals surface area contributed by atoms with E-state index in [1.54, 1.807) is 0 Å². The van der Waals surface area contributed by atoms with E-state index in [1.807, 2.05) is 56.6 Å². The van der Waals surface area contributed by atoms with E-state index in [0.717, 1.165) is 17.7 Å². The Morgan fingerprint density at radius 2 is 1.57 bits per heavy atom. The Morgan fingerprint density at radius 1 is 1.00 bits per heavy atom. The fourth-order valence-corrected chi connectivity index (χ4v) is 2.62. The third kappa shape index (κ3) is 8.43. The van der Waals surface area contributed by atoms with E-state index in [1.165, 1.54) is 0 Å². The molecular formula is C23H28N2O5. The zero-order valence-electron chi connectivity index (χ0n) is 17.5. The summed E-state index contributed by atoms with van der Waals surface area (Å²) in [6.45, 7) is 3.53. The second kappa shape index (κ2) is 12.4. The average molecular weight is 412 g/mol. The maximum absolute atomic E-state index is 9.64. The van der Waals surface area contributed by atoms with Crippen molar-refractivity contribution in [3.63, 3.8) is 0 Å². The Kier molecular flexibility index (Phi) is 10.2. The summed E-state index contributed by atoms with van der Waals surface area (Å²) in [6, 6.07) is 20.0. The molecule has 0 saturated carbocycles. The number of carboxylic acids is 2. The predicted molar refractivity (Wildman–Crippen MR) is 113 cm³/mol. The quantitative estimate of drug-likeness (QED) is 0.650. The molecule has 1 atom stereocenters. The molecule has 0 aromatic heterocycles. The highest BCUT2D eigenvalue weighted by Crippen LogP contribution is 2.33. The van der Waals surface area contributed by atoms with Gasteiger partial charge in [-0.15, -0.1) is 0 Å². The van der Waals surface area contributed by atoms with Gasteiger partial charge in [0.15, 0.2) is 0 Å². The number of rotatable bonds is 9.